The molecule has 0 unspecified atom stereocenters. The molecule has 53 heavy (non-hydrogen) atoms. The summed E-state index contributed by atoms with van der Waals surface area (Å²) in [5.41, 5.74) is 17.0. The summed E-state index contributed by atoms with van der Waals surface area (Å²) in [6.07, 6.45) is 3.61. The van der Waals surface area contributed by atoms with Gasteiger partial charge < -0.3 is 0 Å². The van der Waals surface area contributed by atoms with E-state index < -0.39 is 5.41 Å². The fourth-order valence-corrected chi connectivity index (χ4v) is 8.81. The molecule has 0 fully saturated rings. The number of pyridine rings is 4. The van der Waals surface area contributed by atoms with Crippen LogP contribution in [0.5, 0.6) is 0 Å². The van der Waals surface area contributed by atoms with Gasteiger partial charge >= 0.3 is 0 Å². The van der Waals surface area contributed by atoms with Crippen LogP contribution in [0.3, 0.4) is 0 Å². The molecule has 0 saturated carbocycles. The van der Waals surface area contributed by atoms with Gasteiger partial charge in [0.15, 0.2) is 0 Å². The standard InChI is InChI=1S/C49H30N4/c1-2-16-37-36(15-1)46-48(38-17-5-8-20-41(38)49(46)39-18-6-3-13-34(39)35-14-4-7-19-40(35)49)53-47(37)32-25-23-31(24-26-32)33-29-44(42-21-9-11-27-50-42)52-45(30-33)43-22-10-12-28-51-43/h1-30H. The lowest BCUT2D eigenvalue weighted by atomic mass is 9.69. The second-order valence-corrected chi connectivity index (χ2v) is 13.7. The highest BCUT2D eigenvalue weighted by atomic mass is 14.8. The van der Waals surface area contributed by atoms with Crippen molar-refractivity contribution >= 4 is 10.8 Å². The molecule has 2 aliphatic carbocycles. The van der Waals surface area contributed by atoms with Crippen LogP contribution in [0, 0.1) is 0 Å². The van der Waals surface area contributed by atoms with Crippen molar-refractivity contribution in [3.8, 4) is 67.5 Å². The molecule has 0 radical (unpaired) electrons. The minimum absolute atomic E-state index is 0.452. The summed E-state index contributed by atoms with van der Waals surface area (Å²) >= 11 is 0. The number of fused-ring (bicyclic) bond motifs is 12. The highest BCUT2D eigenvalue weighted by Gasteiger charge is 2.53. The fourth-order valence-electron chi connectivity index (χ4n) is 8.81. The maximum Gasteiger partial charge on any atom is 0.0900 e. The van der Waals surface area contributed by atoms with Crippen LogP contribution >= 0.6 is 0 Å². The molecule has 0 amide bonds. The van der Waals surface area contributed by atoms with E-state index in [4.69, 9.17) is 9.97 Å². The maximum atomic E-state index is 5.64. The Bertz CT molecular complexity index is 2780. The molecule has 9 aromatic rings. The van der Waals surface area contributed by atoms with Crippen LogP contribution in [-0.4, -0.2) is 19.9 Å². The van der Waals surface area contributed by atoms with Crippen molar-refractivity contribution in [1.82, 2.24) is 19.9 Å². The maximum absolute atomic E-state index is 5.64. The predicted molar refractivity (Wildman–Crippen MR) is 213 cm³/mol. The van der Waals surface area contributed by atoms with E-state index >= 15 is 0 Å². The topological polar surface area (TPSA) is 51.6 Å². The number of rotatable bonds is 4. The Hall–Kier alpha value is -7.04. The smallest absolute Gasteiger partial charge is 0.0900 e. The number of hydrogen-bond donors (Lipinski definition) is 0. The largest absolute Gasteiger partial charge is 0.255 e. The molecule has 5 aromatic carbocycles. The van der Waals surface area contributed by atoms with E-state index in [9.17, 15) is 0 Å². The SMILES string of the molecule is c1ccc(-c2cc(-c3ccc(-c4nc5c(c6ccccc46)C4(c6ccccc6-c6ccccc64)c4ccccc4-5)cc3)cc(-c3ccccn3)n2)nc1. The highest BCUT2D eigenvalue weighted by Crippen LogP contribution is 2.64. The summed E-state index contributed by atoms with van der Waals surface area (Å²) in [5, 5.41) is 2.38. The lowest BCUT2D eigenvalue weighted by molar-refractivity contribution is 0.799. The van der Waals surface area contributed by atoms with Crippen LogP contribution < -0.4 is 0 Å². The van der Waals surface area contributed by atoms with E-state index in [1.807, 2.05) is 36.4 Å². The number of aromatic nitrogens is 4. The molecule has 4 heterocycles. The van der Waals surface area contributed by atoms with Crippen LogP contribution in [0.4, 0.5) is 0 Å². The Morgan fingerprint density at radius 2 is 0.830 bits per heavy atom. The van der Waals surface area contributed by atoms with E-state index in [2.05, 4.69) is 143 Å². The van der Waals surface area contributed by atoms with E-state index in [0.29, 0.717) is 0 Å². The third-order valence-corrected chi connectivity index (χ3v) is 11.0. The van der Waals surface area contributed by atoms with Gasteiger partial charge in [0, 0.05) is 34.5 Å². The molecule has 0 saturated heterocycles. The first-order valence-corrected chi connectivity index (χ1v) is 18.0. The van der Waals surface area contributed by atoms with Gasteiger partial charge in [-0.1, -0.05) is 133 Å². The molecule has 11 rings (SSSR count). The van der Waals surface area contributed by atoms with E-state index in [0.717, 1.165) is 56.2 Å². The summed E-state index contributed by atoms with van der Waals surface area (Å²) in [7, 11) is 0. The Morgan fingerprint density at radius 3 is 1.42 bits per heavy atom. The number of hydrogen-bond acceptors (Lipinski definition) is 4. The van der Waals surface area contributed by atoms with Crippen LogP contribution in [0.25, 0.3) is 78.3 Å². The molecule has 0 bridgehead atoms. The van der Waals surface area contributed by atoms with Gasteiger partial charge in [-0.05, 0) is 80.7 Å². The van der Waals surface area contributed by atoms with Crippen molar-refractivity contribution in [2.75, 3.05) is 0 Å². The van der Waals surface area contributed by atoms with Gasteiger partial charge in [0.05, 0.1) is 39.6 Å². The Kier molecular flexibility index (Phi) is 6.43. The molecule has 0 aliphatic heterocycles. The van der Waals surface area contributed by atoms with E-state index in [1.165, 1.54) is 44.3 Å². The Labute approximate surface area is 307 Å². The van der Waals surface area contributed by atoms with Crippen molar-refractivity contribution in [2.24, 2.45) is 0 Å². The molecule has 4 nitrogen and oxygen atoms in total. The normalized spacial score (nSPS) is 13.1. The summed E-state index contributed by atoms with van der Waals surface area (Å²) in [4.78, 5) is 19.8. The first kappa shape index (κ1) is 29.7. The Balaban J connectivity index is 1.10. The van der Waals surface area contributed by atoms with Crippen LogP contribution in [0.1, 0.15) is 22.3 Å². The lowest BCUT2D eigenvalue weighted by Gasteiger charge is -2.31. The van der Waals surface area contributed by atoms with Crippen LogP contribution in [0.2, 0.25) is 0 Å². The Morgan fingerprint density at radius 1 is 0.340 bits per heavy atom. The lowest BCUT2D eigenvalue weighted by Crippen LogP contribution is -2.26. The molecule has 246 valence electrons. The van der Waals surface area contributed by atoms with Crippen LogP contribution in [0.15, 0.2) is 182 Å². The van der Waals surface area contributed by atoms with Crippen molar-refractivity contribution < 1.29 is 0 Å². The van der Waals surface area contributed by atoms with Gasteiger partial charge in [-0.25, -0.2) is 9.97 Å². The zero-order valence-electron chi connectivity index (χ0n) is 28.6. The predicted octanol–water partition coefficient (Wildman–Crippen LogP) is 11.4. The summed E-state index contributed by atoms with van der Waals surface area (Å²) in [5.74, 6) is 0. The summed E-state index contributed by atoms with van der Waals surface area (Å²) in [6.45, 7) is 0. The fraction of sp³-hybridized carbons (Fsp3) is 0.0204. The molecule has 0 atom stereocenters. The monoisotopic (exact) mass is 674 g/mol. The molecule has 4 aromatic heterocycles. The van der Waals surface area contributed by atoms with E-state index in [-0.39, 0.29) is 0 Å². The van der Waals surface area contributed by atoms with Crippen molar-refractivity contribution in [2.45, 2.75) is 5.41 Å². The number of nitrogens with zero attached hydrogens (tertiary/aromatic N) is 4. The van der Waals surface area contributed by atoms with Gasteiger partial charge in [-0.2, -0.15) is 0 Å². The van der Waals surface area contributed by atoms with Gasteiger partial charge in [0.1, 0.15) is 0 Å². The average molecular weight is 675 g/mol. The summed E-state index contributed by atoms with van der Waals surface area (Å²) in [6, 6.07) is 60.4. The van der Waals surface area contributed by atoms with Gasteiger partial charge in [-0.15, -0.1) is 0 Å². The van der Waals surface area contributed by atoms with Crippen molar-refractivity contribution in [1.29, 1.82) is 0 Å². The second-order valence-electron chi connectivity index (χ2n) is 13.7. The first-order chi connectivity index (χ1) is 26.3. The zero-order chi connectivity index (χ0) is 34.9. The zero-order valence-corrected chi connectivity index (χ0v) is 28.6. The molecule has 2 aliphatic rings. The average Bonchev–Trinajstić information content (AvgIpc) is 3.71. The van der Waals surface area contributed by atoms with Crippen molar-refractivity contribution in [3.05, 3.63) is 205 Å². The van der Waals surface area contributed by atoms with Gasteiger partial charge in [-0.3, -0.25) is 9.97 Å². The second kappa shape index (κ2) is 11.5. The molecule has 4 heteroatoms. The minimum Gasteiger partial charge on any atom is -0.255 e. The quantitative estimate of drug-likeness (QED) is 0.186. The minimum atomic E-state index is -0.452. The van der Waals surface area contributed by atoms with E-state index in [1.54, 1.807) is 12.4 Å². The first-order valence-electron chi connectivity index (χ1n) is 18.0. The van der Waals surface area contributed by atoms with Crippen molar-refractivity contribution in [3.63, 3.8) is 0 Å². The summed E-state index contributed by atoms with van der Waals surface area (Å²) < 4.78 is 0. The molecule has 0 N–H and O–H groups in total. The molecular formula is C49H30N4. The molecular weight excluding hydrogens is 645 g/mol. The van der Waals surface area contributed by atoms with Crippen LogP contribution in [-0.2, 0) is 5.41 Å². The number of benzene rings is 5. The third-order valence-electron chi connectivity index (χ3n) is 11.0. The highest BCUT2D eigenvalue weighted by molar-refractivity contribution is 6.06. The third kappa shape index (κ3) is 4.30. The van der Waals surface area contributed by atoms with Gasteiger partial charge in [0.25, 0.3) is 0 Å². The van der Waals surface area contributed by atoms with Gasteiger partial charge in [0.2, 0.25) is 0 Å². The molecule has 1 spiro atoms.